The highest BCUT2D eigenvalue weighted by Crippen LogP contribution is 2.36. The second-order valence-corrected chi connectivity index (χ2v) is 7.94. The summed E-state index contributed by atoms with van der Waals surface area (Å²) in [6, 6.07) is 7.67. The van der Waals surface area contributed by atoms with E-state index in [2.05, 4.69) is 63.1 Å². The SMILES string of the molecule is CCCC1CCC(NC)C(SCc2cc(C)cc(C)c2)C1. The van der Waals surface area contributed by atoms with E-state index >= 15 is 0 Å². The maximum absolute atomic E-state index is 3.55. The Hall–Kier alpha value is -0.470. The van der Waals surface area contributed by atoms with Gasteiger partial charge in [-0.2, -0.15) is 11.8 Å². The van der Waals surface area contributed by atoms with Crippen molar-refractivity contribution < 1.29 is 0 Å². The van der Waals surface area contributed by atoms with Crippen molar-refractivity contribution in [3.8, 4) is 0 Å². The molecule has 1 aliphatic carbocycles. The molecule has 0 saturated heterocycles. The van der Waals surface area contributed by atoms with E-state index in [0.717, 1.165) is 16.9 Å². The van der Waals surface area contributed by atoms with Crippen molar-refractivity contribution in [1.82, 2.24) is 5.32 Å². The lowest BCUT2D eigenvalue weighted by Crippen LogP contribution is -2.40. The summed E-state index contributed by atoms with van der Waals surface area (Å²) in [5.41, 5.74) is 4.27. The fourth-order valence-electron chi connectivity index (χ4n) is 3.75. The molecule has 0 spiro atoms. The molecule has 0 aromatic heterocycles. The number of aryl methyl sites for hydroxylation is 2. The molecule has 1 aromatic carbocycles. The third-order valence-electron chi connectivity index (χ3n) is 4.71. The molecule has 1 saturated carbocycles. The number of hydrogen-bond donors (Lipinski definition) is 1. The Morgan fingerprint density at radius 2 is 1.86 bits per heavy atom. The van der Waals surface area contributed by atoms with Crippen LogP contribution in [0.2, 0.25) is 0 Å². The Kier molecular flexibility index (Phi) is 6.63. The smallest absolute Gasteiger partial charge is 0.0207 e. The van der Waals surface area contributed by atoms with Crippen molar-refractivity contribution in [2.24, 2.45) is 5.92 Å². The lowest BCUT2D eigenvalue weighted by molar-refractivity contribution is 0.295. The molecule has 0 amide bonds. The highest BCUT2D eigenvalue weighted by Gasteiger charge is 2.29. The normalized spacial score (nSPS) is 26.0. The third kappa shape index (κ3) is 5.03. The standard InChI is InChI=1S/C19H31NS/c1-5-6-16-7-8-18(20-4)19(12-16)21-13-17-10-14(2)9-15(3)11-17/h9-11,16,18-20H,5-8,12-13H2,1-4H3. The summed E-state index contributed by atoms with van der Waals surface area (Å²) in [6.07, 6.45) is 6.92. The molecule has 118 valence electrons. The number of benzene rings is 1. The number of hydrogen-bond acceptors (Lipinski definition) is 2. The molecule has 0 bridgehead atoms. The van der Waals surface area contributed by atoms with E-state index in [9.17, 15) is 0 Å². The average Bonchev–Trinajstić information content (AvgIpc) is 2.45. The van der Waals surface area contributed by atoms with Gasteiger partial charge in [0, 0.05) is 17.0 Å². The van der Waals surface area contributed by atoms with Crippen LogP contribution in [-0.2, 0) is 5.75 Å². The van der Waals surface area contributed by atoms with E-state index in [1.54, 1.807) is 0 Å². The summed E-state index contributed by atoms with van der Waals surface area (Å²) >= 11 is 2.17. The minimum absolute atomic E-state index is 0.703. The zero-order valence-electron chi connectivity index (χ0n) is 14.1. The molecule has 2 heteroatoms. The summed E-state index contributed by atoms with van der Waals surface area (Å²) in [5, 5.41) is 4.33. The molecule has 0 radical (unpaired) electrons. The van der Waals surface area contributed by atoms with Gasteiger partial charge in [0.25, 0.3) is 0 Å². The van der Waals surface area contributed by atoms with Crippen molar-refractivity contribution in [3.63, 3.8) is 0 Å². The molecule has 1 aliphatic rings. The first-order chi connectivity index (χ1) is 10.1. The van der Waals surface area contributed by atoms with Gasteiger partial charge in [-0.1, -0.05) is 49.1 Å². The van der Waals surface area contributed by atoms with E-state index in [1.807, 2.05) is 0 Å². The summed E-state index contributed by atoms with van der Waals surface area (Å²) in [4.78, 5) is 0. The van der Waals surface area contributed by atoms with Crippen LogP contribution >= 0.6 is 11.8 Å². The Balaban J connectivity index is 1.94. The van der Waals surface area contributed by atoms with Crippen molar-refractivity contribution in [1.29, 1.82) is 0 Å². The Labute approximate surface area is 135 Å². The van der Waals surface area contributed by atoms with Crippen LogP contribution in [0.25, 0.3) is 0 Å². The van der Waals surface area contributed by atoms with Gasteiger partial charge in [-0.15, -0.1) is 0 Å². The second kappa shape index (κ2) is 8.24. The summed E-state index contributed by atoms with van der Waals surface area (Å²) in [6.45, 7) is 6.73. The van der Waals surface area contributed by atoms with E-state index < -0.39 is 0 Å². The van der Waals surface area contributed by atoms with Crippen molar-refractivity contribution in [3.05, 3.63) is 34.9 Å². The maximum Gasteiger partial charge on any atom is 0.0207 e. The predicted molar refractivity (Wildman–Crippen MR) is 96.1 cm³/mol. The highest BCUT2D eigenvalue weighted by atomic mass is 32.2. The second-order valence-electron chi connectivity index (χ2n) is 6.71. The quantitative estimate of drug-likeness (QED) is 0.785. The first-order valence-corrected chi connectivity index (χ1v) is 9.53. The molecule has 1 nitrogen and oxygen atoms in total. The van der Waals surface area contributed by atoms with E-state index in [0.29, 0.717) is 6.04 Å². The van der Waals surface area contributed by atoms with Crippen LogP contribution in [0, 0.1) is 19.8 Å². The van der Waals surface area contributed by atoms with Gasteiger partial charge < -0.3 is 5.32 Å². The van der Waals surface area contributed by atoms with Gasteiger partial charge in [0.15, 0.2) is 0 Å². The molecular formula is C19H31NS. The van der Waals surface area contributed by atoms with Gasteiger partial charge >= 0.3 is 0 Å². The topological polar surface area (TPSA) is 12.0 Å². The van der Waals surface area contributed by atoms with Crippen LogP contribution in [0.3, 0.4) is 0 Å². The van der Waals surface area contributed by atoms with Crippen LogP contribution in [-0.4, -0.2) is 18.3 Å². The lowest BCUT2D eigenvalue weighted by atomic mass is 9.83. The Morgan fingerprint density at radius 1 is 1.14 bits per heavy atom. The van der Waals surface area contributed by atoms with Crippen molar-refractivity contribution in [2.75, 3.05) is 7.05 Å². The number of rotatable bonds is 6. The molecule has 1 N–H and O–H groups in total. The molecule has 3 atom stereocenters. The lowest BCUT2D eigenvalue weighted by Gasteiger charge is -2.35. The zero-order chi connectivity index (χ0) is 15.2. The first-order valence-electron chi connectivity index (χ1n) is 8.48. The van der Waals surface area contributed by atoms with Gasteiger partial charge in [-0.25, -0.2) is 0 Å². The van der Waals surface area contributed by atoms with Crippen LogP contribution in [0.5, 0.6) is 0 Å². The maximum atomic E-state index is 3.55. The van der Waals surface area contributed by atoms with Crippen LogP contribution in [0.4, 0.5) is 0 Å². The molecule has 0 heterocycles. The summed E-state index contributed by atoms with van der Waals surface area (Å²) in [5.74, 6) is 2.11. The monoisotopic (exact) mass is 305 g/mol. The van der Waals surface area contributed by atoms with Gasteiger partial charge in [0.05, 0.1) is 0 Å². The van der Waals surface area contributed by atoms with E-state index in [4.69, 9.17) is 0 Å². The van der Waals surface area contributed by atoms with Gasteiger partial charge in [0.2, 0.25) is 0 Å². The Bertz CT molecular complexity index is 423. The number of nitrogens with one attached hydrogen (secondary N) is 1. The molecule has 1 aromatic rings. The molecular weight excluding hydrogens is 274 g/mol. The van der Waals surface area contributed by atoms with E-state index in [-0.39, 0.29) is 0 Å². The molecule has 21 heavy (non-hydrogen) atoms. The van der Waals surface area contributed by atoms with Crippen molar-refractivity contribution >= 4 is 11.8 Å². The molecule has 2 rings (SSSR count). The minimum Gasteiger partial charge on any atom is -0.316 e. The van der Waals surface area contributed by atoms with Gasteiger partial charge in [-0.3, -0.25) is 0 Å². The minimum atomic E-state index is 0.703. The average molecular weight is 306 g/mol. The molecule has 0 aliphatic heterocycles. The molecule has 1 fully saturated rings. The van der Waals surface area contributed by atoms with Gasteiger partial charge in [0.1, 0.15) is 0 Å². The van der Waals surface area contributed by atoms with Gasteiger partial charge in [-0.05, 0) is 51.6 Å². The fourth-order valence-corrected chi connectivity index (χ4v) is 5.24. The van der Waals surface area contributed by atoms with Crippen LogP contribution in [0.1, 0.15) is 55.7 Å². The third-order valence-corrected chi connectivity index (χ3v) is 6.16. The summed E-state index contributed by atoms with van der Waals surface area (Å²) in [7, 11) is 2.13. The van der Waals surface area contributed by atoms with Crippen LogP contribution < -0.4 is 5.32 Å². The first kappa shape index (κ1) is 16.9. The van der Waals surface area contributed by atoms with E-state index in [1.165, 1.54) is 48.8 Å². The Morgan fingerprint density at radius 3 is 2.48 bits per heavy atom. The van der Waals surface area contributed by atoms with Crippen molar-refractivity contribution in [2.45, 2.75) is 69.9 Å². The largest absolute Gasteiger partial charge is 0.316 e. The molecule has 3 unspecified atom stereocenters. The summed E-state index contributed by atoms with van der Waals surface area (Å²) < 4.78 is 0. The zero-order valence-corrected chi connectivity index (χ0v) is 14.9. The highest BCUT2D eigenvalue weighted by molar-refractivity contribution is 7.99. The predicted octanol–water partition coefficient (Wildman–Crippen LogP) is 5.09. The number of thioether (sulfide) groups is 1. The van der Waals surface area contributed by atoms with Crippen LogP contribution in [0.15, 0.2) is 18.2 Å². The fraction of sp³-hybridized carbons (Fsp3) is 0.684.